The van der Waals surface area contributed by atoms with Crippen LogP contribution in [0, 0.1) is 5.82 Å². The fourth-order valence-corrected chi connectivity index (χ4v) is 7.24. The number of fused-ring (bicyclic) bond motifs is 2. The lowest BCUT2D eigenvalue weighted by Crippen LogP contribution is -2.49. The van der Waals surface area contributed by atoms with Gasteiger partial charge >= 0.3 is 0 Å². The van der Waals surface area contributed by atoms with E-state index in [1.165, 1.54) is 34.4 Å². The van der Waals surface area contributed by atoms with Crippen molar-refractivity contribution in [2.45, 2.75) is 23.8 Å². The number of nitrogens with zero attached hydrogens (tertiary/aromatic N) is 6. The number of rotatable bonds is 6. The first-order valence-electron chi connectivity index (χ1n) is 14.0. The van der Waals surface area contributed by atoms with Crippen LogP contribution in [0.5, 0.6) is 0 Å². The number of carbonyl (C=O) groups excluding carboxylic acids is 1. The molecule has 0 radical (unpaired) electrons. The third-order valence-corrected chi connectivity index (χ3v) is 9.95. The maximum absolute atomic E-state index is 15.8. The van der Waals surface area contributed by atoms with Crippen LogP contribution in [0.1, 0.15) is 23.2 Å². The van der Waals surface area contributed by atoms with E-state index in [0.717, 1.165) is 39.9 Å². The fraction of sp³-hybridized carbons (Fsp3) is 0.194. The van der Waals surface area contributed by atoms with Crippen molar-refractivity contribution in [2.75, 3.05) is 24.2 Å². The van der Waals surface area contributed by atoms with Crippen molar-refractivity contribution < 1.29 is 17.6 Å². The van der Waals surface area contributed by atoms with Crippen molar-refractivity contribution in [3.8, 4) is 16.1 Å². The smallest absolute Gasteiger partial charge is 0.262 e. The van der Waals surface area contributed by atoms with Crippen LogP contribution in [-0.2, 0) is 9.84 Å². The van der Waals surface area contributed by atoms with Gasteiger partial charge in [0.15, 0.2) is 15.5 Å². The van der Waals surface area contributed by atoms with Crippen molar-refractivity contribution in [3.63, 3.8) is 0 Å². The van der Waals surface area contributed by atoms with Crippen molar-refractivity contribution in [2.24, 2.45) is 0 Å². The molecule has 0 saturated carbocycles. The number of hydrogen-bond donors (Lipinski definition) is 1. The Bertz CT molecular complexity index is 2160. The molecule has 13 heteroatoms. The summed E-state index contributed by atoms with van der Waals surface area (Å²) in [5, 5.41) is 12.3. The third kappa shape index (κ3) is 5.12. The molecule has 1 saturated heterocycles. The zero-order valence-electron chi connectivity index (χ0n) is 23.5. The summed E-state index contributed by atoms with van der Waals surface area (Å²) in [6.07, 6.45) is 6.01. The summed E-state index contributed by atoms with van der Waals surface area (Å²) in [7, 11) is -3.39. The summed E-state index contributed by atoms with van der Waals surface area (Å²) in [5.74, 6) is -0.773. The SMILES string of the molecule is CS(=O)(=O)c1cccc(-c2cc3c(N(C(=O)c4ccc(-n5nnc6cccnc65)cc4F)[C@@H]4CCCNC4)nccc3s2)c1. The molecule has 222 valence electrons. The summed E-state index contributed by atoms with van der Waals surface area (Å²) in [6, 6.07) is 18.2. The maximum atomic E-state index is 15.8. The van der Waals surface area contributed by atoms with Gasteiger partial charge in [0.2, 0.25) is 0 Å². The lowest BCUT2D eigenvalue weighted by atomic mass is 10.0. The van der Waals surface area contributed by atoms with E-state index in [4.69, 9.17) is 0 Å². The van der Waals surface area contributed by atoms with Gasteiger partial charge in [-0.1, -0.05) is 17.3 Å². The van der Waals surface area contributed by atoms with E-state index in [1.807, 2.05) is 18.2 Å². The molecule has 1 N–H and O–H groups in total. The number of anilines is 1. The normalized spacial score (nSPS) is 15.5. The number of sulfone groups is 1. The van der Waals surface area contributed by atoms with E-state index < -0.39 is 21.6 Å². The third-order valence-electron chi connectivity index (χ3n) is 7.69. The van der Waals surface area contributed by atoms with Gasteiger partial charge in [-0.3, -0.25) is 9.69 Å². The molecule has 0 aliphatic carbocycles. The highest BCUT2D eigenvalue weighted by Gasteiger charge is 2.32. The highest BCUT2D eigenvalue weighted by atomic mass is 32.2. The van der Waals surface area contributed by atoms with Gasteiger partial charge < -0.3 is 5.32 Å². The topological polar surface area (TPSA) is 123 Å². The molecule has 0 spiro atoms. The lowest BCUT2D eigenvalue weighted by Gasteiger charge is -2.34. The average Bonchev–Trinajstić information content (AvgIpc) is 3.67. The van der Waals surface area contributed by atoms with Crippen molar-refractivity contribution >= 4 is 54.1 Å². The molecular formula is C31H26FN7O3S2. The first-order chi connectivity index (χ1) is 21.3. The Morgan fingerprint density at radius 3 is 2.75 bits per heavy atom. The first-order valence-corrected chi connectivity index (χ1v) is 16.7. The van der Waals surface area contributed by atoms with Crippen molar-refractivity contribution in [1.82, 2.24) is 30.3 Å². The quantitative estimate of drug-likeness (QED) is 0.273. The number of piperidine rings is 1. The molecule has 1 aliphatic rings. The molecule has 6 aromatic rings. The molecule has 44 heavy (non-hydrogen) atoms. The lowest BCUT2D eigenvalue weighted by molar-refractivity contribution is 0.0968. The molecule has 0 bridgehead atoms. The molecule has 1 amide bonds. The number of aromatic nitrogens is 5. The molecule has 2 aromatic carbocycles. The van der Waals surface area contributed by atoms with Crippen molar-refractivity contribution in [3.05, 3.63) is 90.5 Å². The molecule has 1 atom stereocenters. The van der Waals surface area contributed by atoms with Gasteiger partial charge in [-0.25, -0.2) is 22.8 Å². The molecule has 7 rings (SSSR count). The van der Waals surface area contributed by atoms with Crippen LogP contribution in [0.4, 0.5) is 10.2 Å². The number of hydrogen-bond acceptors (Lipinski definition) is 9. The minimum absolute atomic E-state index is 0.0909. The standard InChI is InChI=1S/C31H26FN7O3S2/c1-44(41,42)22-7-2-5-19(15-22)28-17-24-27(43-28)11-14-35-29(24)38(21-6-3-12-33-18-21)31(40)23-10-9-20(16-25(23)32)39-30-26(36-37-39)8-4-13-34-30/h2,4-5,7-11,13-17,21,33H,3,6,12,18H2,1H3/t21-/m1/s1. The monoisotopic (exact) mass is 627 g/mol. The summed E-state index contributed by atoms with van der Waals surface area (Å²) < 4.78 is 42.5. The van der Waals surface area contributed by atoms with Gasteiger partial charge in [0, 0.05) is 46.2 Å². The molecule has 4 aromatic heterocycles. The second kappa shape index (κ2) is 11.2. The van der Waals surface area contributed by atoms with Gasteiger partial charge in [-0.05, 0) is 73.5 Å². The number of thiophene rings is 1. The van der Waals surface area contributed by atoms with Crippen LogP contribution in [0.3, 0.4) is 0 Å². The van der Waals surface area contributed by atoms with Gasteiger partial charge in [-0.15, -0.1) is 16.4 Å². The van der Waals surface area contributed by atoms with Gasteiger partial charge in [-0.2, -0.15) is 4.68 Å². The van der Waals surface area contributed by atoms with Gasteiger partial charge in [0.1, 0.15) is 17.2 Å². The zero-order valence-corrected chi connectivity index (χ0v) is 25.1. The molecule has 1 fully saturated rings. The average molecular weight is 628 g/mol. The van der Waals surface area contributed by atoms with E-state index in [9.17, 15) is 13.2 Å². The predicted octanol–water partition coefficient (Wildman–Crippen LogP) is 5.03. The number of carbonyl (C=O) groups is 1. The van der Waals surface area contributed by atoms with Gasteiger partial charge in [0.05, 0.1) is 22.2 Å². The van der Waals surface area contributed by atoms with Crippen LogP contribution >= 0.6 is 11.3 Å². The second-order valence-corrected chi connectivity index (χ2v) is 13.7. The number of nitrogens with one attached hydrogen (secondary N) is 1. The Morgan fingerprint density at radius 2 is 1.95 bits per heavy atom. The largest absolute Gasteiger partial charge is 0.315 e. The summed E-state index contributed by atoms with van der Waals surface area (Å²) >= 11 is 1.48. The van der Waals surface area contributed by atoms with E-state index in [2.05, 4.69) is 25.6 Å². The van der Waals surface area contributed by atoms with E-state index in [-0.39, 0.29) is 16.5 Å². The summed E-state index contributed by atoms with van der Waals surface area (Å²) in [4.78, 5) is 25.9. The van der Waals surface area contributed by atoms with Crippen LogP contribution in [0.25, 0.3) is 37.4 Å². The Kier molecular flexibility index (Phi) is 7.15. The Balaban J connectivity index is 1.30. The maximum Gasteiger partial charge on any atom is 0.262 e. The van der Waals surface area contributed by atoms with E-state index in [0.29, 0.717) is 29.2 Å². The molecular weight excluding hydrogens is 602 g/mol. The summed E-state index contributed by atoms with van der Waals surface area (Å²) in [5.41, 5.74) is 2.10. The molecule has 5 heterocycles. The first kappa shape index (κ1) is 28.2. The van der Waals surface area contributed by atoms with Crippen LogP contribution in [-0.4, -0.2) is 64.7 Å². The Morgan fingerprint density at radius 1 is 1.07 bits per heavy atom. The Labute approximate surface area is 256 Å². The predicted molar refractivity (Wildman–Crippen MR) is 167 cm³/mol. The van der Waals surface area contributed by atoms with Crippen LogP contribution < -0.4 is 10.2 Å². The number of pyridine rings is 2. The second-order valence-electron chi connectivity index (χ2n) is 10.6. The van der Waals surface area contributed by atoms with E-state index >= 15 is 4.39 Å². The van der Waals surface area contributed by atoms with Crippen LogP contribution in [0.2, 0.25) is 0 Å². The van der Waals surface area contributed by atoms with E-state index in [1.54, 1.807) is 53.7 Å². The van der Waals surface area contributed by atoms with Crippen molar-refractivity contribution in [1.29, 1.82) is 0 Å². The minimum Gasteiger partial charge on any atom is -0.315 e. The zero-order chi connectivity index (χ0) is 30.4. The minimum atomic E-state index is -3.39. The highest BCUT2D eigenvalue weighted by molar-refractivity contribution is 7.90. The fourth-order valence-electron chi connectivity index (χ4n) is 5.53. The summed E-state index contributed by atoms with van der Waals surface area (Å²) in [6.45, 7) is 1.37. The molecule has 1 aliphatic heterocycles. The highest BCUT2D eigenvalue weighted by Crippen LogP contribution is 2.39. The Hall–Kier alpha value is -4.59. The van der Waals surface area contributed by atoms with Gasteiger partial charge in [0.25, 0.3) is 5.91 Å². The number of halogens is 1. The molecule has 10 nitrogen and oxygen atoms in total. The number of amides is 1. The van der Waals surface area contributed by atoms with Crippen LogP contribution in [0.15, 0.2) is 84.0 Å². The number of benzene rings is 2. The molecule has 0 unspecified atom stereocenters.